The Bertz CT molecular complexity index is 570. The molecule has 1 aliphatic heterocycles. The fourth-order valence-corrected chi connectivity index (χ4v) is 4.91. The Morgan fingerprint density at radius 3 is 2.58 bits per heavy atom. The monoisotopic (exact) mass is 305 g/mol. The maximum absolute atomic E-state index is 12.5. The molecule has 0 saturated carbocycles. The van der Waals surface area contributed by atoms with Gasteiger partial charge in [0.25, 0.3) is 0 Å². The summed E-state index contributed by atoms with van der Waals surface area (Å²) in [5.41, 5.74) is 0.918. The van der Waals surface area contributed by atoms with Crippen LogP contribution >= 0.6 is 0 Å². The molecule has 0 atom stereocenters. The molecule has 0 bridgehead atoms. The number of hydrogen-bond donors (Lipinski definition) is 1. The zero-order valence-electron chi connectivity index (χ0n) is 11.1. The molecule has 2 rings (SSSR count). The van der Waals surface area contributed by atoms with Gasteiger partial charge in [0, 0.05) is 60.9 Å². The molecule has 1 aromatic rings. The first kappa shape index (κ1) is 14.7. The Labute approximate surface area is 116 Å². The van der Waals surface area contributed by atoms with Crippen molar-refractivity contribution in [2.45, 2.75) is 11.4 Å². The van der Waals surface area contributed by atoms with Crippen LogP contribution in [0.4, 0.5) is 0 Å². The van der Waals surface area contributed by atoms with E-state index in [2.05, 4.69) is 5.32 Å². The van der Waals surface area contributed by atoms with Crippen LogP contribution in [0.15, 0.2) is 17.2 Å². The second kappa shape index (κ2) is 5.74. The Morgan fingerprint density at radius 2 is 2.00 bits per heavy atom. The molecular formula is C11H19N3O3S2. The molecule has 1 N–H and O–H groups in total. The van der Waals surface area contributed by atoms with Gasteiger partial charge in [-0.25, -0.2) is 8.42 Å². The topological polar surface area (TPSA) is 71.4 Å². The van der Waals surface area contributed by atoms with Crippen molar-refractivity contribution in [2.75, 3.05) is 31.6 Å². The van der Waals surface area contributed by atoms with Crippen LogP contribution in [0.2, 0.25) is 0 Å². The highest BCUT2D eigenvalue weighted by Gasteiger charge is 2.29. The van der Waals surface area contributed by atoms with Gasteiger partial charge in [-0.05, 0) is 13.1 Å². The van der Waals surface area contributed by atoms with Crippen molar-refractivity contribution in [1.82, 2.24) is 14.2 Å². The highest BCUT2D eigenvalue weighted by molar-refractivity contribution is 7.89. The summed E-state index contributed by atoms with van der Waals surface area (Å²) in [5, 5.41) is 3.01. The number of rotatable bonds is 4. The molecule has 8 heteroatoms. The molecule has 1 saturated heterocycles. The quantitative estimate of drug-likeness (QED) is 0.814. The molecule has 1 aliphatic rings. The van der Waals surface area contributed by atoms with Crippen LogP contribution in [0, 0.1) is 0 Å². The van der Waals surface area contributed by atoms with E-state index in [4.69, 9.17) is 0 Å². The van der Waals surface area contributed by atoms with Gasteiger partial charge in [-0.1, -0.05) is 0 Å². The van der Waals surface area contributed by atoms with E-state index in [1.165, 1.54) is 4.31 Å². The first-order valence-electron chi connectivity index (χ1n) is 6.10. The van der Waals surface area contributed by atoms with Crippen molar-refractivity contribution in [3.05, 3.63) is 18.0 Å². The molecular weight excluding hydrogens is 286 g/mol. The second-order valence-corrected chi connectivity index (χ2v) is 8.19. The van der Waals surface area contributed by atoms with E-state index < -0.39 is 20.8 Å². The van der Waals surface area contributed by atoms with Gasteiger partial charge >= 0.3 is 0 Å². The van der Waals surface area contributed by atoms with Crippen LogP contribution in [0.25, 0.3) is 0 Å². The molecule has 6 nitrogen and oxygen atoms in total. The van der Waals surface area contributed by atoms with E-state index in [-0.39, 0.29) is 0 Å². The maximum Gasteiger partial charge on any atom is 0.244 e. The largest absolute Gasteiger partial charge is 0.352 e. The molecule has 1 aromatic heterocycles. The lowest BCUT2D eigenvalue weighted by molar-refractivity contribution is 0.438. The van der Waals surface area contributed by atoms with Crippen LogP contribution in [0.5, 0.6) is 0 Å². The van der Waals surface area contributed by atoms with Gasteiger partial charge in [0.05, 0.1) is 0 Å². The van der Waals surface area contributed by atoms with E-state index in [0.29, 0.717) is 36.0 Å². The van der Waals surface area contributed by atoms with Gasteiger partial charge in [-0.3, -0.25) is 4.21 Å². The molecule has 19 heavy (non-hydrogen) atoms. The summed E-state index contributed by atoms with van der Waals surface area (Å²) in [6.45, 7) is 1.30. The van der Waals surface area contributed by atoms with Gasteiger partial charge in [-0.2, -0.15) is 4.31 Å². The van der Waals surface area contributed by atoms with Crippen LogP contribution in [0.3, 0.4) is 0 Å². The number of aromatic nitrogens is 1. The molecule has 0 spiro atoms. The smallest absolute Gasteiger partial charge is 0.244 e. The third kappa shape index (κ3) is 3.07. The summed E-state index contributed by atoms with van der Waals surface area (Å²) in [7, 11) is -0.680. The average molecular weight is 305 g/mol. The lowest BCUT2D eigenvalue weighted by atomic mass is 10.4. The van der Waals surface area contributed by atoms with Crippen LogP contribution in [-0.2, 0) is 34.4 Å². The van der Waals surface area contributed by atoms with Crippen LogP contribution < -0.4 is 5.32 Å². The molecule has 1 fully saturated rings. The molecule has 0 amide bonds. The van der Waals surface area contributed by atoms with Gasteiger partial charge in [-0.15, -0.1) is 0 Å². The molecule has 0 unspecified atom stereocenters. The lowest BCUT2D eigenvalue weighted by Crippen LogP contribution is -2.41. The Balaban J connectivity index is 2.24. The van der Waals surface area contributed by atoms with Crippen molar-refractivity contribution in [2.24, 2.45) is 7.05 Å². The van der Waals surface area contributed by atoms with Crippen LogP contribution in [0.1, 0.15) is 5.69 Å². The van der Waals surface area contributed by atoms with Crippen LogP contribution in [-0.4, -0.2) is 53.1 Å². The van der Waals surface area contributed by atoms with Gasteiger partial charge < -0.3 is 9.88 Å². The minimum Gasteiger partial charge on any atom is -0.352 e. The number of sulfonamides is 1. The predicted molar refractivity (Wildman–Crippen MR) is 74.8 cm³/mol. The van der Waals surface area contributed by atoms with Crippen molar-refractivity contribution in [1.29, 1.82) is 0 Å². The average Bonchev–Trinajstić information content (AvgIpc) is 2.73. The van der Waals surface area contributed by atoms with E-state index in [1.807, 2.05) is 18.7 Å². The Morgan fingerprint density at radius 1 is 1.37 bits per heavy atom. The number of aryl methyl sites for hydroxylation is 1. The lowest BCUT2D eigenvalue weighted by Gasteiger charge is -2.24. The van der Waals surface area contributed by atoms with Crippen molar-refractivity contribution >= 4 is 20.8 Å². The van der Waals surface area contributed by atoms with E-state index >= 15 is 0 Å². The zero-order valence-corrected chi connectivity index (χ0v) is 12.8. The summed E-state index contributed by atoms with van der Waals surface area (Å²) in [4.78, 5) is 0.313. The third-order valence-electron chi connectivity index (χ3n) is 3.22. The molecule has 108 valence electrons. The van der Waals surface area contributed by atoms with E-state index in [9.17, 15) is 12.6 Å². The van der Waals surface area contributed by atoms with Crippen molar-refractivity contribution in [3.63, 3.8) is 0 Å². The number of hydrogen-bond acceptors (Lipinski definition) is 4. The second-order valence-electron chi connectivity index (χ2n) is 4.56. The summed E-state index contributed by atoms with van der Waals surface area (Å²) < 4.78 is 39.4. The number of nitrogens with one attached hydrogen (secondary N) is 1. The van der Waals surface area contributed by atoms with E-state index in [0.717, 1.165) is 5.69 Å². The fraction of sp³-hybridized carbons (Fsp3) is 0.636. The SMILES string of the molecule is CNCc1cc(S(=O)(=O)N2CCS(=O)CC2)cn1C. The summed E-state index contributed by atoms with van der Waals surface area (Å²) >= 11 is 0. The third-order valence-corrected chi connectivity index (χ3v) is 6.35. The molecule has 2 heterocycles. The normalized spacial score (nSPS) is 18.8. The molecule has 0 radical (unpaired) electrons. The first-order valence-corrected chi connectivity index (χ1v) is 9.03. The Hall–Kier alpha value is -0.700. The van der Waals surface area contributed by atoms with Gasteiger partial charge in [0.15, 0.2) is 0 Å². The van der Waals surface area contributed by atoms with Gasteiger partial charge in [0.2, 0.25) is 10.0 Å². The minimum atomic E-state index is -3.46. The number of nitrogens with zero attached hydrogens (tertiary/aromatic N) is 2. The highest BCUT2D eigenvalue weighted by atomic mass is 32.2. The minimum absolute atomic E-state index is 0.313. The maximum atomic E-state index is 12.5. The standard InChI is InChI=1S/C11H19N3O3S2/c1-12-8-10-7-11(9-13(10)2)19(16,17)14-3-5-18(15)6-4-14/h7,9,12H,3-6,8H2,1-2H3. The van der Waals surface area contributed by atoms with Gasteiger partial charge in [0.1, 0.15) is 4.90 Å². The summed E-state index contributed by atoms with van der Waals surface area (Å²) in [6.07, 6.45) is 1.63. The van der Waals surface area contributed by atoms with Crippen molar-refractivity contribution in [3.8, 4) is 0 Å². The first-order chi connectivity index (χ1) is 8.95. The fourth-order valence-electron chi connectivity index (χ4n) is 2.09. The zero-order chi connectivity index (χ0) is 14.0. The Kier molecular flexibility index (Phi) is 4.44. The summed E-state index contributed by atoms with van der Waals surface area (Å²) in [5.74, 6) is 0.852. The predicted octanol–water partition coefficient (Wildman–Crippen LogP) is -0.502. The molecule has 0 aromatic carbocycles. The summed E-state index contributed by atoms with van der Waals surface area (Å²) in [6, 6.07) is 1.69. The van der Waals surface area contributed by atoms with E-state index in [1.54, 1.807) is 12.3 Å². The van der Waals surface area contributed by atoms with Crippen molar-refractivity contribution < 1.29 is 12.6 Å². The molecule has 0 aliphatic carbocycles. The highest BCUT2D eigenvalue weighted by Crippen LogP contribution is 2.19.